The molecule has 0 saturated heterocycles. The van der Waals surface area contributed by atoms with E-state index in [1.807, 2.05) is 0 Å². The minimum absolute atomic E-state index is 0.300. The van der Waals surface area contributed by atoms with Gasteiger partial charge in [-0.05, 0) is 31.4 Å². The lowest BCUT2D eigenvalue weighted by Crippen LogP contribution is -2.27. The normalized spacial score (nSPS) is 21.8. The number of nitrogens with one attached hydrogen (secondary N) is 1. The number of nitrogens with zero attached hydrogens (tertiary/aromatic N) is 3. The lowest BCUT2D eigenvalue weighted by Gasteiger charge is -2.20. The van der Waals surface area contributed by atoms with E-state index in [4.69, 9.17) is 16.7 Å². The molecule has 1 saturated carbocycles. The molecular weight excluding hydrogens is 256 g/mol. The van der Waals surface area contributed by atoms with Crippen LogP contribution in [-0.4, -0.2) is 27.0 Å². The van der Waals surface area contributed by atoms with Crippen molar-refractivity contribution in [1.29, 1.82) is 0 Å². The SMILES string of the molecule is O=C(O)C1CCCC/C1=N\Nc1ccc(Cl)nn1. The number of anilines is 1. The predicted octanol–water partition coefficient (Wildman–Crippen LogP) is 2.17. The van der Waals surface area contributed by atoms with Crippen molar-refractivity contribution in [2.24, 2.45) is 11.0 Å². The van der Waals surface area contributed by atoms with E-state index in [2.05, 4.69) is 20.7 Å². The van der Waals surface area contributed by atoms with Crippen LogP contribution in [0.15, 0.2) is 17.2 Å². The minimum atomic E-state index is -0.822. The molecule has 0 amide bonds. The van der Waals surface area contributed by atoms with Gasteiger partial charge in [-0.2, -0.15) is 5.10 Å². The molecule has 1 aromatic rings. The Morgan fingerprint density at radius 3 is 2.94 bits per heavy atom. The van der Waals surface area contributed by atoms with Crippen LogP contribution in [0.25, 0.3) is 0 Å². The number of hydrazone groups is 1. The summed E-state index contributed by atoms with van der Waals surface area (Å²) in [5.41, 5.74) is 3.38. The fourth-order valence-corrected chi connectivity index (χ4v) is 2.00. The third-order valence-corrected chi connectivity index (χ3v) is 3.02. The van der Waals surface area contributed by atoms with Crippen molar-refractivity contribution in [3.05, 3.63) is 17.3 Å². The van der Waals surface area contributed by atoms with Gasteiger partial charge in [-0.3, -0.25) is 10.2 Å². The van der Waals surface area contributed by atoms with Crippen molar-refractivity contribution in [1.82, 2.24) is 10.2 Å². The van der Waals surface area contributed by atoms with Crippen LogP contribution in [0.5, 0.6) is 0 Å². The summed E-state index contributed by atoms with van der Waals surface area (Å²) in [6, 6.07) is 3.23. The third kappa shape index (κ3) is 3.16. The summed E-state index contributed by atoms with van der Waals surface area (Å²) >= 11 is 5.61. The molecule has 2 rings (SSSR count). The lowest BCUT2D eigenvalue weighted by molar-refractivity contribution is -0.139. The van der Waals surface area contributed by atoms with Crippen molar-refractivity contribution in [3.63, 3.8) is 0 Å². The van der Waals surface area contributed by atoms with Crippen LogP contribution in [0.3, 0.4) is 0 Å². The van der Waals surface area contributed by atoms with E-state index in [-0.39, 0.29) is 0 Å². The maximum absolute atomic E-state index is 11.1. The second-order valence-corrected chi connectivity index (χ2v) is 4.48. The van der Waals surface area contributed by atoms with Gasteiger partial charge < -0.3 is 5.11 Å². The van der Waals surface area contributed by atoms with Gasteiger partial charge >= 0.3 is 5.97 Å². The molecule has 1 fully saturated rings. The Hall–Kier alpha value is -1.69. The Labute approximate surface area is 109 Å². The van der Waals surface area contributed by atoms with Crippen LogP contribution in [0.4, 0.5) is 5.82 Å². The zero-order valence-electron chi connectivity index (χ0n) is 9.64. The third-order valence-electron chi connectivity index (χ3n) is 2.82. The Bertz CT molecular complexity index is 461. The minimum Gasteiger partial charge on any atom is -0.481 e. The lowest BCUT2D eigenvalue weighted by atomic mass is 9.87. The van der Waals surface area contributed by atoms with Crippen LogP contribution in [-0.2, 0) is 4.79 Å². The van der Waals surface area contributed by atoms with E-state index in [1.165, 1.54) is 0 Å². The molecule has 1 unspecified atom stereocenters. The van der Waals surface area contributed by atoms with Crippen molar-refractivity contribution in [2.45, 2.75) is 25.7 Å². The van der Waals surface area contributed by atoms with Crippen molar-refractivity contribution < 1.29 is 9.90 Å². The Kier molecular flexibility index (Phi) is 4.09. The number of carboxylic acids is 1. The summed E-state index contributed by atoms with van der Waals surface area (Å²) in [6.45, 7) is 0. The van der Waals surface area contributed by atoms with Crippen molar-refractivity contribution in [2.75, 3.05) is 5.43 Å². The number of carboxylic acid groups (broad SMARTS) is 1. The van der Waals surface area contributed by atoms with E-state index in [0.29, 0.717) is 29.5 Å². The van der Waals surface area contributed by atoms with E-state index in [9.17, 15) is 4.79 Å². The molecule has 0 bridgehead atoms. The number of aliphatic carboxylic acids is 1. The van der Waals surface area contributed by atoms with Crippen molar-refractivity contribution >= 4 is 29.1 Å². The molecule has 0 aliphatic heterocycles. The molecule has 0 radical (unpaired) electrons. The highest BCUT2D eigenvalue weighted by Crippen LogP contribution is 2.22. The van der Waals surface area contributed by atoms with E-state index < -0.39 is 11.9 Å². The van der Waals surface area contributed by atoms with Crippen LogP contribution < -0.4 is 5.43 Å². The van der Waals surface area contributed by atoms with Crippen LogP contribution >= 0.6 is 11.6 Å². The summed E-state index contributed by atoms with van der Waals surface area (Å²) in [5.74, 6) is -0.870. The topological polar surface area (TPSA) is 87.5 Å². The first-order valence-electron chi connectivity index (χ1n) is 5.71. The average molecular weight is 269 g/mol. The summed E-state index contributed by atoms with van der Waals surface area (Å²) in [4.78, 5) is 11.1. The zero-order chi connectivity index (χ0) is 13.0. The van der Waals surface area contributed by atoms with E-state index >= 15 is 0 Å². The highest BCUT2D eigenvalue weighted by molar-refractivity contribution is 6.29. The molecule has 1 aliphatic rings. The van der Waals surface area contributed by atoms with Crippen molar-refractivity contribution in [3.8, 4) is 0 Å². The van der Waals surface area contributed by atoms with Crippen LogP contribution in [0.2, 0.25) is 5.15 Å². The smallest absolute Gasteiger partial charge is 0.312 e. The molecular formula is C11H13ClN4O2. The molecule has 1 heterocycles. The van der Waals surface area contributed by atoms with Crippen LogP contribution in [0.1, 0.15) is 25.7 Å². The molecule has 96 valence electrons. The number of aromatic nitrogens is 2. The van der Waals surface area contributed by atoms with Gasteiger partial charge in [-0.15, -0.1) is 10.2 Å². The summed E-state index contributed by atoms with van der Waals surface area (Å²) in [6.07, 6.45) is 3.24. The molecule has 1 atom stereocenters. The maximum Gasteiger partial charge on any atom is 0.312 e. The number of rotatable bonds is 3. The van der Waals surface area contributed by atoms with Gasteiger partial charge in [0.2, 0.25) is 0 Å². The van der Waals surface area contributed by atoms with Crippen LogP contribution in [0, 0.1) is 5.92 Å². The molecule has 0 spiro atoms. The fourth-order valence-electron chi connectivity index (χ4n) is 1.90. The number of halogens is 1. The fraction of sp³-hybridized carbons (Fsp3) is 0.455. The van der Waals surface area contributed by atoms with Gasteiger partial charge in [-0.25, -0.2) is 0 Å². The molecule has 6 nitrogen and oxygen atoms in total. The summed E-state index contributed by atoms with van der Waals surface area (Å²) in [5, 5.41) is 21.0. The summed E-state index contributed by atoms with van der Waals surface area (Å²) < 4.78 is 0. The maximum atomic E-state index is 11.1. The number of hydrogen-bond acceptors (Lipinski definition) is 5. The first-order valence-corrected chi connectivity index (χ1v) is 6.09. The quantitative estimate of drug-likeness (QED) is 0.821. The molecule has 18 heavy (non-hydrogen) atoms. The average Bonchev–Trinajstić information content (AvgIpc) is 2.38. The summed E-state index contributed by atoms with van der Waals surface area (Å²) in [7, 11) is 0. The van der Waals surface area contributed by atoms with E-state index in [0.717, 1.165) is 12.8 Å². The Balaban J connectivity index is 2.06. The largest absolute Gasteiger partial charge is 0.481 e. The predicted molar refractivity (Wildman–Crippen MR) is 67.7 cm³/mol. The van der Waals surface area contributed by atoms with Gasteiger partial charge in [0.05, 0.1) is 11.6 Å². The molecule has 1 aromatic heterocycles. The second kappa shape index (κ2) is 5.77. The van der Waals surface area contributed by atoms with E-state index in [1.54, 1.807) is 12.1 Å². The Morgan fingerprint density at radius 1 is 1.44 bits per heavy atom. The highest BCUT2D eigenvalue weighted by Gasteiger charge is 2.26. The molecule has 0 aromatic carbocycles. The first-order chi connectivity index (χ1) is 8.66. The van der Waals surface area contributed by atoms with Gasteiger partial charge in [0.1, 0.15) is 0 Å². The molecule has 7 heteroatoms. The van der Waals surface area contributed by atoms with Gasteiger partial charge in [0.15, 0.2) is 11.0 Å². The molecule has 1 aliphatic carbocycles. The Morgan fingerprint density at radius 2 is 2.28 bits per heavy atom. The monoisotopic (exact) mass is 268 g/mol. The zero-order valence-corrected chi connectivity index (χ0v) is 10.4. The first kappa shape index (κ1) is 12.8. The second-order valence-electron chi connectivity index (χ2n) is 4.09. The standard InChI is InChI=1S/C11H13ClN4O2/c12-9-5-6-10(16-14-9)15-13-8-4-2-1-3-7(8)11(17)18/h5-7H,1-4H2,(H,15,16)(H,17,18)/b13-8+. The number of carbonyl (C=O) groups is 1. The highest BCUT2D eigenvalue weighted by atomic mass is 35.5. The van der Waals surface area contributed by atoms with Gasteiger partial charge in [0, 0.05) is 0 Å². The van der Waals surface area contributed by atoms with Gasteiger partial charge in [-0.1, -0.05) is 18.0 Å². The molecule has 2 N–H and O–H groups in total. The van der Waals surface area contributed by atoms with Gasteiger partial charge in [0.25, 0.3) is 0 Å². The number of hydrogen-bond donors (Lipinski definition) is 2.